The molecule has 1 saturated heterocycles. The summed E-state index contributed by atoms with van der Waals surface area (Å²) in [5, 5.41) is 57.3. The maximum Gasteiger partial charge on any atom is 0.227 e. The summed E-state index contributed by atoms with van der Waals surface area (Å²) >= 11 is 0. The van der Waals surface area contributed by atoms with Crippen molar-refractivity contribution in [3.8, 4) is 0 Å². The van der Waals surface area contributed by atoms with Crippen LogP contribution in [0.1, 0.15) is 46.5 Å². The molecule has 0 aromatic carbocycles. The number of aliphatic hydroxyl groups is 5. The van der Waals surface area contributed by atoms with Crippen molar-refractivity contribution in [1.29, 1.82) is 0 Å². The van der Waals surface area contributed by atoms with Crippen molar-refractivity contribution in [1.82, 2.24) is 0 Å². The van der Waals surface area contributed by atoms with Crippen molar-refractivity contribution in [2.24, 2.45) is 16.2 Å². The molecule has 1 unspecified atom stereocenters. The minimum absolute atomic E-state index is 0.126. The molecule has 0 amide bonds. The molecule has 1 aliphatic heterocycles. The van der Waals surface area contributed by atoms with E-state index in [0.717, 1.165) is 0 Å². The molecule has 4 rings (SSSR count). The fraction of sp³-hybridized carbons (Fsp3) is 0.800. The summed E-state index contributed by atoms with van der Waals surface area (Å²) in [5.41, 5.74) is -6.43. The fourth-order valence-electron chi connectivity index (χ4n) is 6.55. The second-order valence-corrected chi connectivity index (χ2v) is 9.71. The van der Waals surface area contributed by atoms with Gasteiger partial charge < -0.3 is 30.3 Å². The SMILES string of the molecule is C=C[C@]1(C)C=C2[C@@H](O)[C@@]3(O)OC[C@@]4(CCCC(C)(C)[C@@]43O)C2(O)[C@H](O)C1. The third-order valence-electron chi connectivity index (χ3n) is 8.04. The van der Waals surface area contributed by atoms with Crippen LogP contribution in [-0.4, -0.2) is 61.3 Å². The molecular formula is C20H30O6. The van der Waals surface area contributed by atoms with Crippen LogP contribution in [0.15, 0.2) is 24.3 Å². The monoisotopic (exact) mass is 366 g/mol. The molecule has 3 fully saturated rings. The molecule has 2 bridgehead atoms. The lowest BCUT2D eigenvalue weighted by Crippen LogP contribution is -2.83. The molecule has 0 radical (unpaired) electrons. The predicted octanol–water partition coefficient (Wildman–Crippen LogP) is 0.622. The highest BCUT2D eigenvalue weighted by Gasteiger charge is 2.87. The Morgan fingerprint density at radius 3 is 2.42 bits per heavy atom. The Hall–Kier alpha value is -0.760. The Morgan fingerprint density at radius 1 is 1.15 bits per heavy atom. The van der Waals surface area contributed by atoms with Crippen molar-refractivity contribution in [3.05, 3.63) is 24.3 Å². The van der Waals surface area contributed by atoms with Crippen LogP contribution in [0.25, 0.3) is 0 Å². The van der Waals surface area contributed by atoms with Crippen LogP contribution >= 0.6 is 0 Å². The smallest absolute Gasteiger partial charge is 0.227 e. The van der Waals surface area contributed by atoms with Gasteiger partial charge in [-0.2, -0.15) is 0 Å². The molecule has 6 heteroatoms. The van der Waals surface area contributed by atoms with Crippen molar-refractivity contribution in [3.63, 3.8) is 0 Å². The molecule has 146 valence electrons. The summed E-state index contributed by atoms with van der Waals surface area (Å²) in [6.07, 6.45) is 2.38. The Labute approximate surface area is 153 Å². The highest BCUT2D eigenvalue weighted by atomic mass is 16.7. The van der Waals surface area contributed by atoms with Gasteiger partial charge in [0.1, 0.15) is 17.3 Å². The van der Waals surface area contributed by atoms with Gasteiger partial charge in [0.25, 0.3) is 0 Å². The molecule has 4 aliphatic rings. The zero-order valence-corrected chi connectivity index (χ0v) is 15.7. The topological polar surface area (TPSA) is 110 Å². The van der Waals surface area contributed by atoms with Gasteiger partial charge >= 0.3 is 0 Å². The minimum atomic E-state index is -2.24. The van der Waals surface area contributed by atoms with Gasteiger partial charge in [0, 0.05) is 5.41 Å². The molecule has 2 saturated carbocycles. The normalized spacial score (nSPS) is 57.8. The van der Waals surface area contributed by atoms with Crippen LogP contribution in [-0.2, 0) is 4.74 Å². The number of aliphatic hydroxyl groups excluding tert-OH is 2. The van der Waals surface area contributed by atoms with Gasteiger partial charge in [0.15, 0.2) is 0 Å². The quantitative estimate of drug-likeness (QED) is 0.435. The molecule has 6 nitrogen and oxygen atoms in total. The number of ether oxygens (including phenoxy) is 1. The summed E-state index contributed by atoms with van der Waals surface area (Å²) in [6, 6.07) is 0. The molecular weight excluding hydrogens is 336 g/mol. The molecule has 7 atom stereocenters. The highest BCUT2D eigenvalue weighted by Crippen LogP contribution is 2.73. The Bertz CT molecular complexity index is 702. The molecule has 0 aromatic rings. The average Bonchev–Trinajstić information content (AvgIpc) is 2.79. The highest BCUT2D eigenvalue weighted by molar-refractivity contribution is 5.47. The van der Waals surface area contributed by atoms with Gasteiger partial charge in [-0.15, -0.1) is 6.58 Å². The lowest BCUT2D eigenvalue weighted by molar-refractivity contribution is -0.372. The van der Waals surface area contributed by atoms with Crippen molar-refractivity contribution < 1.29 is 30.3 Å². The van der Waals surface area contributed by atoms with Gasteiger partial charge in [0.05, 0.1) is 18.1 Å². The van der Waals surface area contributed by atoms with E-state index in [0.29, 0.717) is 19.3 Å². The van der Waals surface area contributed by atoms with Gasteiger partial charge in [-0.1, -0.05) is 39.3 Å². The first-order chi connectivity index (χ1) is 11.9. The first kappa shape index (κ1) is 18.6. The van der Waals surface area contributed by atoms with Crippen LogP contribution in [0.5, 0.6) is 0 Å². The third kappa shape index (κ3) is 1.58. The number of allylic oxidation sites excluding steroid dienone is 2. The van der Waals surface area contributed by atoms with E-state index >= 15 is 0 Å². The number of hydrogen-bond donors (Lipinski definition) is 5. The van der Waals surface area contributed by atoms with E-state index in [-0.39, 0.29) is 18.6 Å². The van der Waals surface area contributed by atoms with Gasteiger partial charge in [-0.25, -0.2) is 0 Å². The molecule has 0 aromatic heterocycles. The zero-order valence-electron chi connectivity index (χ0n) is 15.7. The second kappa shape index (κ2) is 4.80. The second-order valence-electron chi connectivity index (χ2n) is 9.71. The lowest BCUT2D eigenvalue weighted by Gasteiger charge is -2.68. The van der Waals surface area contributed by atoms with Crippen molar-refractivity contribution in [2.45, 2.75) is 75.7 Å². The van der Waals surface area contributed by atoms with E-state index in [1.54, 1.807) is 12.2 Å². The summed E-state index contributed by atoms with van der Waals surface area (Å²) in [4.78, 5) is 0. The van der Waals surface area contributed by atoms with E-state index in [2.05, 4.69) is 6.58 Å². The average molecular weight is 366 g/mol. The summed E-state index contributed by atoms with van der Waals surface area (Å²) in [6.45, 7) is 9.15. The van der Waals surface area contributed by atoms with E-state index in [1.165, 1.54) is 0 Å². The van der Waals surface area contributed by atoms with Crippen LogP contribution in [0.3, 0.4) is 0 Å². The molecule has 26 heavy (non-hydrogen) atoms. The van der Waals surface area contributed by atoms with Crippen LogP contribution in [0, 0.1) is 16.2 Å². The summed E-state index contributed by atoms with van der Waals surface area (Å²) in [5.74, 6) is -2.24. The van der Waals surface area contributed by atoms with Crippen molar-refractivity contribution >= 4 is 0 Å². The van der Waals surface area contributed by atoms with Crippen molar-refractivity contribution in [2.75, 3.05) is 6.61 Å². The van der Waals surface area contributed by atoms with Crippen LogP contribution in [0.2, 0.25) is 0 Å². The summed E-state index contributed by atoms with van der Waals surface area (Å²) < 4.78 is 5.68. The minimum Gasteiger partial charge on any atom is -0.390 e. The summed E-state index contributed by atoms with van der Waals surface area (Å²) in [7, 11) is 0. The third-order valence-corrected chi connectivity index (χ3v) is 8.04. The first-order valence-electron chi connectivity index (χ1n) is 9.39. The van der Waals surface area contributed by atoms with E-state index < -0.39 is 45.4 Å². The first-order valence-corrected chi connectivity index (χ1v) is 9.39. The largest absolute Gasteiger partial charge is 0.390 e. The predicted molar refractivity (Wildman–Crippen MR) is 93.9 cm³/mol. The van der Waals surface area contributed by atoms with Gasteiger partial charge in [-0.3, -0.25) is 0 Å². The number of rotatable bonds is 1. The van der Waals surface area contributed by atoms with E-state index in [9.17, 15) is 25.5 Å². The number of fused-ring (bicyclic) bond motifs is 1. The Kier molecular flexibility index (Phi) is 3.43. The fourth-order valence-corrected chi connectivity index (χ4v) is 6.55. The maximum absolute atomic E-state index is 11.9. The zero-order chi connectivity index (χ0) is 19.4. The standard InChI is InChI=1S/C20H30O6/c1-5-16(4)9-12-14(22)19(24)20(25)15(2,3)7-6-8-17(20,11-26-19)18(12,23)13(21)10-16/h5,9,13-14,21-25H,1,6-8,10-11H2,2-4H3/t13-,14-,16-,17+,18?,19-,20-/m1/s1. The Balaban J connectivity index is 2.06. The Morgan fingerprint density at radius 2 is 1.81 bits per heavy atom. The number of hydrogen-bond acceptors (Lipinski definition) is 6. The lowest BCUT2D eigenvalue weighted by atomic mass is 9.39. The molecule has 3 aliphatic carbocycles. The van der Waals surface area contributed by atoms with E-state index in [1.807, 2.05) is 20.8 Å². The van der Waals surface area contributed by atoms with E-state index in [4.69, 9.17) is 4.74 Å². The maximum atomic E-state index is 11.9. The van der Waals surface area contributed by atoms with Gasteiger partial charge in [-0.05, 0) is 30.3 Å². The molecule has 1 heterocycles. The van der Waals surface area contributed by atoms with Crippen LogP contribution in [0.4, 0.5) is 0 Å². The van der Waals surface area contributed by atoms with Crippen LogP contribution < -0.4 is 0 Å². The van der Waals surface area contributed by atoms with Gasteiger partial charge in [0.2, 0.25) is 5.79 Å². The molecule has 5 N–H and O–H groups in total. The molecule has 0 spiro atoms.